The molecular formula is C23H23NO7. The lowest BCUT2D eigenvalue weighted by Crippen LogP contribution is -2.45. The van der Waals surface area contributed by atoms with E-state index in [1.54, 1.807) is 24.3 Å². The molecular weight excluding hydrogens is 402 g/mol. The molecule has 3 rings (SSSR count). The smallest absolute Gasteiger partial charge is 0.412 e. The number of rotatable bonds is 6. The summed E-state index contributed by atoms with van der Waals surface area (Å²) in [6.07, 6.45) is -0.804. The number of hydrogen-bond acceptors (Lipinski definition) is 7. The minimum Gasteiger partial charge on any atom is -0.498 e. The number of amides is 1. The first-order chi connectivity index (χ1) is 15.0. The Hall–Kier alpha value is -3.81. The van der Waals surface area contributed by atoms with Gasteiger partial charge >= 0.3 is 18.0 Å². The standard InChI is InChI=1S/C23H23NO7/c1-28-20-17(21(25)29-2)19(22(26)30-3)24(18(20)16-12-8-5-9-13-16)23(27)31-14-15-10-6-4-7-11-15/h4-13,18-19H,14H2,1-3H3/t18-,19-/m0/s1. The fourth-order valence-corrected chi connectivity index (χ4v) is 3.54. The van der Waals surface area contributed by atoms with E-state index in [1.807, 2.05) is 36.4 Å². The highest BCUT2D eigenvalue weighted by Crippen LogP contribution is 2.42. The van der Waals surface area contributed by atoms with E-state index in [0.717, 1.165) is 10.5 Å². The second kappa shape index (κ2) is 9.80. The SMILES string of the molecule is COC(=O)C1=C(OC)[C@H](c2ccccc2)N(C(=O)OCc2ccccc2)[C@@H]1C(=O)OC. The molecule has 0 aromatic heterocycles. The van der Waals surface area contributed by atoms with Crippen LogP contribution in [0.1, 0.15) is 17.2 Å². The molecule has 1 amide bonds. The van der Waals surface area contributed by atoms with Gasteiger partial charge in [0.1, 0.15) is 24.0 Å². The maximum absolute atomic E-state index is 13.2. The predicted molar refractivity (Wildman–Crippen MR) is 110 cm³/mol. The normalized spacial score (nSPS) is 17.8. The first kappa shape index (κ1) is 21.9. The lowest BCUT2D eigenvalue weighted by atomic mass is 10.0. The van der Waals surface area contributed by atoms with Crippen LogP contribution in [0.3, 0.4) is 0 Å². The van der Waals surface area contributed by atoms with Crippen LogP contribution in [0.5, 0.6) is 0 Å². The minimum absolute atomic E-state index is 0.0125. The highest BCUT2D eigenvalue weighted by molar-refractivity contribution is 6.01. The molecule has 0 aliphatic carbocycles. The molecule has 0 spiro atoms. The average molecular weight is 425 g/mol. The first-order valence-electron chi connectivity index (χ1n) is 9.51. The van der Waals surface area contributed by atoms with Crippen molar-refractivity contribution in [3.8, 4) is 0 Å². The van der Waals surface area contributed by atoms with Gasteiger partial charge in [-0.2, -0.15) is 0 Å². The first-order valence-corrected chi connectivity index (χ1v) is 9.51. The Morgan fingerprint density at radius 1 is 0.871 bits per heavy atom. The molecule has 0 radical (unpaired) electrons. The molecule has 0 bridgehead atoms. The van der Waals surface area contributed by atoms with E-state index in [0.29, 0.717) is 5.56 Å². The molecule has 0 saturated carbocycles. The lowest BCUT2D eigenvalue weighted by Gasteiger charge is -2.29. The zero-order chi connectivity index (χ0) is 22.4. The van der Waals surface area contributed by atoms with Crippen LogP contribution < -0.4 is 0 Å². The molecule has 8 nitrogen and oxygen atoms in total. The zero-order valence-electron chi connectivity index (χ0n) is 17.4. The molecule has 0 fully saturated rings. The number of carbonyl (C=O) groups is 3. The van der Waals surface area contributed by atoms with Crippen LogP contribution in [0.4, 0.5) is 4.79 Å². The van der Waals surface area contributed by atoms with E-state index in [9.17, 15) is 14.4 Å². The Balaban J connectivity index is 2.06. The molecule has 1 heterocycles. The van der Waals surface area contributed by atoms with Crippen LogP contribution in [-0.4, -0.2) is 50.3 Å². The average Bonchev–Trinajstić information content (AvgIpc) is 3.18. The molecule has 162 valence electrons. The third-order valence-electron chi connectivity index (χ3n) is 4.92. The largest absolute Gasteiger partial charge is 0.498 e. The van der Waals surface area contributed by atoms with E-state index < -0.39 is 30.1 Å². The Morgan fingerprint density at radius 2 is 1.48 bits per heavy atom. The summed E-state index contributed by atoms with van der Waals surface area (Å²) in [4.78, 5) is 39.7. The lowest BCUT2D eigenvalue weighted by molar-refractivity contribution is -0.147. The van der Waals surface area contributed by atoms with E-state index in [1.165, 1.54) is 21.3 Å². The van der Waals surface area contributed by atoms with Gasteiger partial charge in [-0.05, 0) is 11.1 Å². The molecule has 0 unspecified atom stereocenters. The predicted octanol–water partition coefficient (Wildman–Crippen LogP) is 3.00. The van der Waals surface area contributed by atoms with Gasteiger partial charge in [-0.3, -0.25) is 4.90 Å². The van der Waals surface area contributed by atoms with Gasteiger partial charge in [0, 0.05) is 0 Å². The van der Waals surface area contributed by atoms with Crippen molar-refractivity contribution in [1.29, 1.82) is 0 Å². The van der Waals surface area contributed by atoms with Crippen LogP contribution in [0.2, 0.25) is 0 Å². The number of nitrogens with zero attached hydrogens (tertiary/aromatic N) is 1. The summed E-state index contributed by atoms with van der Waals surface area (Å²) in [5.74, 6) is -1.50. The van der Waals surface area contributed by atoms with E-state index in [4.69, 9.17) is 18.9 Å². The number of benzene rings is 2. The van der Waals surface area contributed by atoms with E-state index in [2.05, 4.69) is 0 Å². The van der Waals surface area contributed by atoms with E-state index in [-0.39, 0.29) is 17.9 Å². The van der Waals surface area contributed by atoms with Gasteiger partial charge in [0.2, 0.25) is 0 Å². The fourth-order valence-electron chi connectivity index (χ4n) is 3.54. The van der Waals surface area contributed by atoms with Gasteiger partial charge < -0.3 is 18.9 Å². The summed E-state index contributed by atoms with van der Waals surface area (Å²) in [6, 6.07) is 15.7. The van der Waals surface area contributed by atoms with Crippen molar-refractivity contribution in [2.75, 3.05) is 21.3 Å². The number of carbonyl (C=O) groups excluding carboxylic acids is 3. The summed E-state index contributed by atoms with van der Waals surface area (Å²) in [5.41, 5.74) is 1.29. The summed E-state index contributed by atoms with van der Waals surface area (Å²) >= 11 is 0. The van der Waals surface area contributed by atoms with E-state index >= 15 is 0 Å². The second-order valence-corrected chi connectivity index (χ2v) is 6.66. The molecule has 1 aliphatic rings. The zero-order valence-corrected chi connectivity index (χ0v) is 17.4. The van der Waals surface area contributed by atoms with Gasteiger partial charge in [0.25, 0.3) is 0 Å². The van der Waals surface area contributed by atoms with Crippen molar-refractivity contribution in [2.45, 2.75) is 18.7 Å². The maximum atomic E-state index is 13.2. The number of ether oxygens (including phenoxy) is 4. The van der Waals surface area contributed by atoms with Gasteiger partial charge in [0.15, 0.2) is 6.04 Å². The van der Waals surface area contributed by atoms with Crippen LogP contribution in [0.15, 0.2) is 72.0 Å². The number of hydrogen-bond donors (Lipinski definition) is 0. The summed E-state index contributed by atoms with van der Waals surface area (Å²) < 4.78 is 20.8. The van der Waals surface area contributed by atoms with Crippen molar-refractivity contribution in [3.05, 3.63) is 83.1 Å². The van der Waals surface area contributed by atoms with Crippen molar-refractivity contribution in [1.82, 2.24) is 4.90 Å². The quantitative estimate of drug-likeness (QED) is 0.519. The molecule has 2 aromatic carbocycles. The molecule has 2 atom stereocenters. The highest BCUT2D eigenvalue weighted by atomic mass is 16.6. The minimum atomic E-state index is -1.39. The van der Waals surface area contributed by atoms with Crippen LogP contribution in [0.25, 0.3) is 0 Å². The molecule has 0 N–H and O–H groups in total. The molecule has 0 saturated heterocycles. The van der Waals surface area contributed by atoms with Crippen LogP contribution in [0, 0.1) is 0 Å². The van der Waals surface area contributed by atoms with Gasteiger partial charge in [-0.15, -0.1) is 0 Å². The number of methoxy groups -OCH3 is 3. The Bertz CT molecular complexity index is 972. The molecule has 1 aliphatic heterocycles. The van der Waals surface area contributed by atoms with Gasteiger partial charge in [0.05, 0.1) is 21.3 Å². The third-order valence-corrected chi connectivity index (χ3v) is 4.92. The Labute approximate surface area is 180 Å². The highest BCUT2D eigenvalue weighted by Gasteiger charge is 2.53. The number of esters is 2. The molecule has 2 aromatic rings. The monoisotopic (exact) mass is 425 g/mol. The van der Waals surface area contributed by atoms with Gasteiger partial charge in [-0.25, -0.2) is 14.4 Å². The third kappa shape index (κ3) is 4.37. The van der Waals surface area contributed by atoms with Crippen molar-refractivity contribution >= 4 is 18.0 Å². The van der Waals surface area contributed by atoms with Crippen LogP contribution in [-0.2, 0) is 35.1 Å². The van der Waals surface area contributed by atoms with Crippen molar-refractivity contribution in [2.24, 2.45) is 0 Å². The maximum Gasteiger partial charge on any atom is 0.412 e. The van der Waals surface area contributed by atoms with Gasteiger partial charge in [-0.1, -0.05) is 60.7 Å². The second-order valence-electron chi connectivity index (χ2n) is 6.66. The summed E-state index contributed by atoms with van der Waals surface area (Å²) in [7, 11) is 3.72. The molecule has 31 heavy (non-hydrogen) atoms. The topological polar surface area (TPSA) is 91.4 Å². The Morgan fingerprint density at radius 3 is 2.03 bits per heavy atom. The summed E-state index contributed by atoms with van der Waals surface area (Å²) in [6.45, 7) is -0.0125. The van der Waals surface area contributed by atoms with Crippen molar-refractivity contribution < 1.29 is 33.3 Å². The Kier molecular flexibility index (Phi) is 6.92. The molecule has 8 heteroatoms. The summed E-state index contributed by atoms with van der Waals surface area (Å²) in [5, 5.41) is 0. The fraction of sp³-hybridized carbons (Fsp3) is 0.261. The van der Waals surface area contributed by atoms with Crippen LogP contribution >= 0.6 is 0 Å². The van der Waals surface area contributed by atoms with Crippen molar-refractivity contribution in [3.63, 3.8) is 0 Å².